The molecule has 2 N–H and O–H groups in total. The minimum Gasteiger partial charge on any atom is -0.317 e. The van der Waals surface area contributed by atoms with Crippen LogP contribution in [0.2, 0.25) is 5.02 Å². The van der Waals surface area contributed by atoms with Crippen LogP contribution in [-0.2, 0) is 9.59 Å². The van der Waals surface area contributed by atoms with E-state index in [9.17, 15) is 14.4 Å². The standard InChI is InChI=1S/C15H18ClN5O3/c1-19-6-8-20(9-7-19)18-13(22)12-14(23)21(15(24)17-12)11-4-2-10(16)3-5-11/h2-5,12H,6-9H2,1H3,(H,17,24)(H,18,22). The van der Waals surface area contributed by atoms with E-state index in [4.69, 9.17) is 11.6 Å². The first-order chi connectivity index (χ1) is 11.5. The molecule has 0 spiro atoms. The molecule has 3 rings (SSSR count). The van der Waals surface area contributed by atoms with E-state index in [1.165, 1.54) is 0 Å². The zero-order chi connectivity index (χ0) is 17.3. The lowest BCUT2D eigenvalue weighted by Crippen LogP contribution is -2.57. The molecule has 1 unspecified atom stereocenters. The first-order valence-corrected chi connectivity index (χ1v) is 7.97. The van der Waals surface area contributed by atoms with Crippen molar-refractivity contribution in [2.75, 3.05) is 38.1 Å². The summed E-state index contributed by atoms with van der Waals surface area (Å²) in [6.07, 6.45) is 0. The number of piperazine rings is 1. The van der Waals surface area contributed by atoms with E-state index in [1.54, 1.807) is 29.3 Å². The van der Waals surface area contributed by atoms with Gasteiger partial charge >= 0.3 is 6.03 Å². The van der Waals surface area contributed by atoms with Gasteiger partial charge in [0.1, 0.15) is 0 Å². The van der Waals surface area contributed by atoms with Crippen LogP contribution in [0.1, 0.15) is 0 Å². The molecule has 0 aliphatic carbocycles. The van der Waals surface area contributed by atoms with Gasteiger partial charge in [-0.1, -0.05) is 11.6 Å². The fourth-order valence-electron chi connectivity index (χ4n) is 2.63. The summed E-state index contributed by atoms with van der Waals surface area (Å²) in [6, 6.07) is 4.42. The quantitative estimate of drug-likeness (QED) is 0.593. The number of nitrogens with one attached hydrogen (secondary N) is 2. The molecule has 8 nitrogen and oxygen atoms in total. The zero-order valence-corrected chi connectivity index (χ0v) is 13.9. The van der Waals surface area contributed by atoms with Crippen LogP contribution >= 0.6 is 11.6 Å². The molecular weight excluding hydrogens is 334 g/mol. The van der Waals surface area contributed by atoms with Gasteiger partial charge in [0, 0.05) is 31.2 Å². The molecule has 2 aliphatic rings. The van der Waals surface area contributed by atoms with E-state index >= 15 is 0 Å². The summed E-state index contributed by atoms with van der Waals surface area (Å²) < 4.78 is 0. The second-order valence-corrected chi connectivity index (χ2v) is 6.24. The summed E-state index contributed by atoms with van der Waals surface area (Å²) in [5.41, 5.74) is 3.07. The molecule has 1 aromatic carbocycles. The summed E-state index contributed by atoms with van der Waals surface area (Å²) in [7, 11) is 2.00. The molecule has 2 heterocycles. The number of likely N-dealkylation sites (N-methyl/N-ethyl adjacent to an activating group) is 1. The Morgan fingerprint density at radius 3 is 2.42 bits per heavy atom. The van der Waals surface area contributed by atoms with Crippen LogP contribution in [0.15, 0.2) is 24.3 Å². The van der Waals surface area contributed by atoms with Gasteiger partial charge in [-0.15, -0.1) is 0 Å². The summed E-state index contributed by atoms with van der Waals surface area (Å²) in [5, 5.41) is 4.67. The zero-order valence-electron chi connectivity index (χ0n) is 13.2. The summed E-state index contributed by atoms with van der Waals surface area (Å²) in [4.78, 5) is 40.0. The highest BCUT2D eigenvalue weighted by molar-refractivity contribution is 6.31. The Kier molecular flexibility index (Phi) is 4.70. The lowest BCUT2D eigenvalue weighted by Gasteiger charge is -2.32. The van der Waals surface area contributed by atoms with E-state index in [0.717, 1.165) is 18.0 Å². The molecule has 1 atom stereocenters. The van der Waals surface area contributed by atoms with Crippen LogP contribution in [0.3, 0.4) is 0 Å². The van der Waals surface area contributed by atoms with Crippen LogP contribution in [0.5, 0.6) is 0 Å². The average Bonchev–Trinajstić information content (AvgIpc) is 2.85. The minimum absolute atomic E-state index is 0.372. The highest BCUT2D eigenvalue weighted by Gasteiger charge is 2.43. The topological polar surface area (TPSA) is 85.0 Å². The van der Waals surface area contributed by atoms with Crippen LogP contribution in [0.25, 0.3) is 0 Å². The predicted molar refractivity (Wildman–Crippen MR) is 88.5 cm³/mol. The number of hydrogen-bond donors (Lipinski definition) is 2. The van der Waals surface area contributed by atoms with Crippen molar-refractivity contribution in [2.45, 2.75) is 6.04 Å². The molecule has 2 aliphatic heterocycles. The van der Waals surface area contributed by atoms with Gasteiger partial charge in [0.15, 0.2) is 6.04 Å². The van der Waals surface area contributed by atoms with Crippen LogP contribution in [0, 0.1) is 0 Å². The average molecular weight is 352 g/mol. The van der Waals surface area contributed by atoms with Crippen molar-refractivity contribution < 1.29 is 14.4 Å². The van der Waals surface area contributed by atoms with Crippen LogP contribution < -0.4 is 15.6 Å². The van der Waals surface area contributed by atoms with Crippen LogP contribution in [0.4, 0.5) is 10.5 Å². The molecule has 0 bridgehead atoms. The third-order valence-corrected chi connectivity index (χ3v) is 4.31. The van der Waals surface area contributed by atoms with Gasteiger partial charge in [0.25, 0.3) is 11.8 Å². The molecule has 2 saturated heterocycles. The maximum atomic E-state index is 12.5. The number of nitrogens with zero attached hydrogens (tertiary/aromatic N) is 3. The molecule has 24 heavy (non-hydrogen) atoms. The van der Waals surface area contributed by atoms with Gasteiger partial charge in [-0.05, 0) is 31.3 Å². The third kappa shape index (κ3) is 3.35. The van der Waals surface area contributed by atoms with Gasteiger partial charge in [0.05, 0.1) is 5.69 Å². The predicted octanol–water partition coefficient (Wildman–Crippen LogP) is 0.0434. The number of anilines is 1. The fourth-order valence-corrected chi connectivity index (χ4v) is 2.76. The van der Waals surface area contributed by atoms with Crippen molar-refractivity contribution in [1.82, 2.24) is 20.7 Å². The van der Waals surface area contributed by atoms with Crippen molar-refractivity contribution in [1.29, 1.82) is 0 Å². The van der Waals surface area contributed by atoms with Crippen molar-refractivity contribution in [3.8, 4) is 0 Å². The number of urea groups is 1. The monoisotopic (exact) mass is 351 g/mol. The van der Waals surface area contributed by atoms with E-state index in [-0.39, 0.29) is 0 Å². The van der Waals surface area contributed by atoms with E-state index < -0.39 is 23.9 Å². The number of carbonyl (C=O) groups excluding carboxylic acids is 3. The van der Waals surface area contributed by atoms with Gasteiger partial charge in [0.2, 0.25) is 0 Å². The molecule has 0 aromatic heterocycles. The molecule has 1 aromatic rings. The first-order valence-electron chi connectivity index (χ1n) is 7.60. The van der Waals surface area contributed by atoms with Crippen molar-refractivity contribution in [2.24, 2.45) is 0 Å². The Labute approximate surface area is 144 Å². The van der Waals surface area contributed by atoms with Crippen molar-refractivity contribution >= 4 is 35.1 Å². The molecule has 0 radical (unpaired) electrons. The van der Waals surface area contributed by atoms with Gasteiger partial charge in [-0.2, -0.15) is 0 Å². The Hall–Kier alpha value is -2.16. The SMILES string of the molecule is CN1CCN(NC(=O)C2NC(=O)N(c3ccc(Cl)cc3)C2=O)CC1. The first kappa shape index (κ1) is 16.7. The summed E-state index contributed by atoms with van der Waals surface area (Å²) in [5.74, 6) is -1.14. The maximum Gasteiger partial charge on any atom is 0.329 e. The number of halogens is 1. The molecule has 0 saturated carbocycles. The molecule has 4 amide bonds. The number of carbonyl (C=O) groups is 3. The Morgan fingerprint density at radius 2 is 1.79 bits per heavy atom. The maximum absolute atomic E-state index is 12.5. The lowest BCUT2D eigenvalue weighted by atomic mass is 10.2. The summed E-state index contributed by atoms with van der Waals surface area (Å²) >= 11 is 5.81. The largest absolute Gasteiger partial charge is 0.329 e. The number of hydrazine groups is 1. The summed E-state index contributed by atoms with van der Waals surface area (Å²) in [6.45, 7) is 2.97. The highest BCUT2D eigenvalue weighted by Crippen LogP contribution is 2.21. The number of rotatable bonds is 3. The Balaban J connectivity index is 1.67. The smallest absolute Gasteiger partial charge is 0.317 e. The van der Waals surface area contributed by atoms with Crippen molar-refractivity contribution in [3.63, 3.8) is 0 Å². The van der Waals surface area contributed by atoms with E-state index in [0.29, 0.717) is 23.8 Å². The van der Waals surface area contributed by atoms with Crippen LogP contribution in [-0.4, -0.2) is 67.0 Å². The molecule has 2 fully saturated rings. The Bertz CT molecular complexity index is 658. The second kappa shape index (κ2) is 6.76. The number of hydrogen-bond acceptors (Lipinski definition) is 5. The molecule has 128 valence electrons. The molecular formula is C15H18ClN5O3. The number of amides is 4. The van der Waals surface area contributed by atoms with E-state index in [1.807, 2.05) is 7.05 Å². The van der Waals surface area contributed by atoms with Gasteiger partial charge in [-0.3, -0.25) is 15.0 Å². The number of benzene rings is 1. The number of imide groups is 1. The fraction of sp³-hybridized carbons (Fsp3) is 0.400. The normalized spacial score (nSPS) is 22.6. The second-order valence-electron chi connectivity index (χ2n) is 5.80. The lowest BCUT2D eigenvalue weighted by molar-refractivity contribution is -0.133. The van der Waals surface area contributed by atoms with Gasteiger partial charge < -0.3 is 10.2 Å². The molecule has 9 heteroatoms. The highest BCUT2D eigenvalue weighted by atomic mass is 35.5. The van der Waals surface area contributed by atoms with E-state index in [2.05, 4.69) is 15.6 Å². The minimum atomic E-state index is -1.23. The Morgan fingerprint density at radius 1 is 1.17 bits per heavy atom. The third-order valence-electron chi connectivity index (χ3n) is 4.06. The van der Waals surface area contributed by atoms with Crippen molar-refractivity contribution in [3.05, 3.63) is 29.3 Å². The van der Waals surface area contributed by atoms with Gasteiger partial charge in [-0.25, -0.2) is 14.7 Å².